The highest BCUT2D eigenvalue weighted by Gasteiger charge is 2.38. The molecule has 0 saturated carbocycles. The third kappa shape index (κ3) is 5.90. The first-order valence-corrected chi connectivity index (χ1v) is 11.2. The first-order chi connectivity index (χ1) is 13.0. The molecule has 0 bridgehead atoms. The van der Waals surface area contributed by atoms with Gasteiger partial charge in [0.1, 0.15) is 17.6 Å². The molecule has 1 aromatic rings. The first-order valence-electron chi connectivity index (χ1n) is 9.49. The number of hydrogen-bond acceptors (Lipinski definition) is 6. The van der Waals surface area contributed by atoms with Crippen LogP contribution >= 0.6 is 8.15 Å². The molecule has 0 aromatic heterocycles. The van der Waals surface area contributed by atoms with E-state index in [1.807, 2.05) is 0 Å². The molecule has 1 aliphatic carbocycles. The van der Waals surface area contributed by atoms with Gasteiger partial charge in [0, 0.05) is 20.7 Å². The molecule has 1 heterocycles. The van der Waals surface area contributed by atoms with Gasteiger partial charge in [-0.15, -0.1) is 0 Å². The van der Waals surface area contributed by atoms with Gasteiger partial charge in [-0.2, -0.15) is 0 Å². The lowest BCUT2D eigenvalue weighted by molar-refractivity contribution is -0.235. The maximum absolute atomic E-state index is 10.3. The van der Waals surface area contributed by atoms with Gasteiger partial charge in [0.05, 0.1) is 19.3 Å². The first kappa shape index (κ1) is 20.6. The van der Waals surface area contributed by atoms with Crippen molar-refractivity contribution in [3.05, 3.63) is 35.9 Å². The lowest BCUT2D eigenvalue weighted by Gasteiger charge is -2.37. The molecule has 0 radical (unpaired) electrons. The molecule has 150 valence electrons. The van der Waals surface area contributed by atoms with Crippen LogP contribution in [0.2, 0.25) is 0 Å². The highest BCUT2D eigenvalue weighted by Crippen LogP contribution is 2.38. The van der Waals surface area contributed by atoms with E-state index in [0.717, 1.165) is 19.0 Å². The second-order valence-corrected chi connectivity index (χ2v) is 8.92. The summed E-state index contributed by atoms with van der Waals surface area (Å²) in [5.74, 6) is 1.24. The van der Waals surface area contributed by atoms with Gasteiger partial charge in [-0.3, -0.25) is 0 Å². The van der Waals surface area contributed by atoms with E-state index in [9.17, 15) is 15.1 Å². The summed E-state index contributed by atoms with van der Waals surface area (Å²) in [5.41, 5.74) is 1.37. The Hall–Kier alpha value is -1.17. The topological polar surface area (TPSA) is 88.4 Å². The van der Waals surface area contributed by atoms with Crippen LogP contribution in [0.15, 0.2) is 35.9 Å². The standard InChI is InChI=1S/C20H29O6P/c1-24-15-6-8-16(9-7-15)25-20-19(22)18(21)12-17(26-20)10-11-27(23)13-14-4-2-3-5-14/h4,6-9,17-23H,2-3,5,10-13H2,1H3. The summed E-state index contributed by atoms with van der Waals surface area (Å²) in [6.07, 6.45) is 4.88. The Morgan fingerprint density at radius 3 is 2.59 bits per heavy atom. The van der Waals surface area contributed by atoms with Crippen molar-refractivity contribution in [2.75, 3.05) is 19.4 Å². The van der Waals surface area contributed by atoms with Crippen molar-refractivity contribution in [2.24, 2.45) is 0 Å². The minimum atomic E-state index is -1.11. The zero-order chi connectivity index (χ0) is 19.2. The molecule has 0 spiro atoms. The van der Waals surface area contributed by atoms with Crippen LogP contribution in [0.5, 0.6) is 11.5 Å². The quantitative estimate of drug-likeness (QED) is 0.463. The minimum absolute atomic E-state index is 0.249. The molecule has 6 nitrogen and oxygen atoms in total. The van der Waals surface area contributed by atoms with E-state index in [1.165, 1.54) is 12.0 Å². The fraction of sp³-hybridized carbons (Fsp3) is 0.600. The Balaban J connectivity index is 1.51. The summed E-state index contributed by atoms with van der Waals surface area (Å²) in [4.78, 5) is 10.3. The van der Waals surface area contributed by atoms with Gasteiger partial charge in [-0.25, -0.2) is 0 Å². The maximum atomic E-state index is 10.3. The SMILES string of the molecule is COc1ccc(OC2OC(CCP(O)CC3=CCCC3)CC(O)C2O)cc1. The molecule has 1 fully saturated rings. The second kappa shape index (κ2) is 9.85. The predicted octanol–water partition coefficient (Wildman–Crippen LogP) is 2.80. The fourth-order valence-corrected chi connectivity index (χ4v) is 4.98. The fourth-order valence-electron chi connectivity index (χ4n) is 3.48. The van der Waals surface area contributed by atoms with E-state index < -0.39 is 26.6 Å². The molecule has 3 N–H and O–H groups in total. The van der Waals surface area contributed by atoms with E-state index in [-0.39, 0.29) is 6.10 Å². The Labute approximate surface area is 161 Å². The third-order valence-corrected chi connectivity index (χ3v) is 6.59. The number of allylic oxidation sites excluding steroid dienone is 2. The Bertz CT molecular complexity index is 619. The molecule has 1 saturated heterocycles. The molecule has 0 amide bonds. The summed E-state index contributed by atoms with van der Waals surface area (Å²) in [5, 5.41) is 20.4. The van der Waals surface area contributed by atoms with Crippen molar-refractivity contribution in [3.8, 4) is 11.5 Å². The van der Waals surface area contributed by atoms with E-state index in [0.29, 0.717) is 30.5 Å². The zero-order valence-electron chi connectivity index (χ0n) is 15.7. The molecular weight excluding hydrogens is 367 g/mol. The summed E-state index contributed by atoms with van der Waals surface area (Å²) in [6.45, 7) is 0. The van der Waals surface area contributed by atoms with Gasteiger partial charge in [0.15, 0.2) is 0 Å². The van der Waals surface area contributed by atoms with Gasteiger partial charge in [0.2, 0.25) is 6.29 Å². The molecule has 7 heteroatoms. The van der Waals surface area contributed by atoms with Crippen molar-refractivity contribution < 1.29 is 29.3 Å². The van der Waals surface area contributed by atoms with Crippen LogP contribution in [0, 0.1) is 0 Å². The Kier molecular flexibility index (Phi) is 7.50. The van der Waals surface area contributed by atoms with Crippen LogP contribution in [0.3, 0.4) is 0 Å². The zero-order valence-corrected chi connectivity index (χ0v) is 16.6. The smallest absolute Gasteiger partial charge is 0.228 e. The maximum Gasteiger partial charge on any atom is 0.228 e. The highest BCUT2D eigenvalue weighted by molar-refractivity contribution is 7.51. The number of rotatable bonds is 8. The molecule has 2 aliphatic rings. The number of aliphatic hydroxyl groups is 2. The van der Waals surface area contributed by atoms with Gasteiger partial charge in [0.25, 0.3) is 0 Å². The molecule has 5 atom stereocenters. The van der Waals surface area contributed by atoms with Crippen molar-refractivity contribution >= 4 is 8.15 Å². The monoisotopic (exact) mass is 396 g/mol. The van der Waals surface area contributed by atoms with Gasteiger partial charge >= 0.3 is 0 Å². The van der Waals surface area contributed by atoms with E-state index in [2.05, 4.69) is 6.08 Å². The van der Waals surface area contributed by atoms with Crippen LogP contribution in [0.4, 0.5) is 0 Å². The van der Waals surface area contributed by atoms with E-state index >= 15 is 0 Å². The normalized spacial score (nSPS) is 29.3. The number of hydrogen-bond donors (Lipinski definition) is 3. The summed E-state index contributed by atoms with van der Waals surface area (Å²) < 4.78 is 16.7. The molecule has 27 heavy (non-hydrogen) atoms. The third-order valence-electron chi connectivity index (χ3n) is 5.05. The summed E-state index contributed by atoms with van der Waals surface area (Å²) >= 11 is 0. The summed E-state index contributed by atoms with van der Waals surface area (Å²) in [7, 11) is 0.530. The Morgan fingerprint density at radius 1 is 1.19 bits per heavy atom. The van der Waals surface area contributed by atoms with Crippen LogP contribution < -0.4 is 9.47 Å². The number of methoxy groups -OCH3 is 1. The van der Waals surface area contributed by atoms with Gasteiger partial charge in [-0.1, -0.05) is 11.6 Å². The van der Waals surface area contributed by atoms with Crippen LogP contribution in [-0.4, -0.2) is 59.1 Å². The van der Waals surface area contributed by atoms with Crippen molar-refractivity contribution in [2.45, 2.75) is 56.7 Å². The largest absolute Gasteiger partial charge is 0.497 e. The molecule has 5 unspecified atom stereocenters. The van der Waals surface area contributed by atoms with Gasteiger partial charge < -0.3 is 29.3 Å². The summed E-state index contributed by atoms with van der Waals surface area (Å²) in [6, 6.07) is 6.98. The highest BCUT2D eigenvalue weighted by atomic mass is 31.1. The van der Waals surface area contributed by atoms with Crippen molar-refractivity contribution in [1.29, 1.82) is 0 Å². The molecule has 1 aromatic carbocycles. The van der Waals surface area contributed by atoms with Crippen LogP contribution in [0.1, 0.15) is 32.1 Å². The van der Waals surface area contributed by atoms with Crippen molar-refractivity contribution in [3.63, 3.8) is 0 Å². The van der Waals surface area contributed by atoms with Crippen LogP contribution in [-0.2, 0) is 4.74 Å². The average molecular weight is 396 g/mol. The lowest BCUT2D eigenvalue weighted by Crippen LogP contribution is -2.51. The van der Waals surface area contributed by atoms with E-state index in [4.69, 9.17) is 14.2 Å². The number of benzene rings is 1. The molecular formula is C20H29O6P. The average Bonchev–Trinajstić information content (AvgIpc) is 3.17. The van der Waals surface area contributed by atoms with Crippen molar-refractivity contribution in [1.82, 2.24) is 0 Å². The van der Waals surface area contributed by atoms with E-state index in [1.54, 1.807) is 31.4 Å². The predicted molar refractivity (Wildman–Crippen MR) is 104 cm³/mol. The molecule has 1 aliphatic heterocycles. The number of aliphatic hydroxyl groups excluding tert-OH is 2. The van der Waals surface area contributed by atoms with Gasteiger partial charge in [-0.05, 0) is 56.1 Å². The lowest BCUT2D eigenvalue weighted by atomic mass is 10.0. The second-order valence-electron chi connectivity index (χ2n) is 7.14. The minimum Gasteiger partial charge on any atom is -0.497 e. The Morgan fingerprint density at radius 2 is 1.93 bits per heavy atom. The molecule has 3 rings (SSSR count). The van der Waals surface area contributed by atoms with Crippen LogP contribution in [0.25, 0.3) is 0 Å². The number of ether oxygens (including phenoxy) is 3.